The van der Waals surface area contributed by atoms with Gasteiger partial charge in [-0.3, -0.25) is 9.59 Å². The Morgan fingerprint density at radius 1 is 1.42 bits per heavy atom. The Kier molecular flexibility index (Phi) is 3.75. The van der Waals surface area contributed by atoms with Crippen LogP contribution in [0.25, 0.3) is 0 Å². The molecule has 0 aromatic heterocycles. The average Bonchev–Trinajstić information content (AvgIpc) is 2.29. The molecule has 2 N–H and O–H groups in total. The Balaban J connectivity index is 2.16. The number of hydrogen-bond donors (Lipinski definition) is 2. The van der Waals surface area contributed by atoms with Crippen LogP contribution in [0.3, 0.4) is 0 Å². The van der Waals surface area contributed by atoms with Gasteiger partial charge < -0.3 is 10.4 Å². The predicted octanol–water partition coefficient (Wildman–Crippen LogP) is 2.61. The second-order valence-corrected chi connectivity index (χ2v) is 5.14. The molecular formula is C13H13ClFNO3. The molecule has 2 rings (SSSR count). The first-order chi connectivity index (χ1) is 8.93. The Labute approximate surface area is 114 Å². The number of nitrogens with one attached hydrogen (secondary N) is 1. The fraction of sp³-hybridized carbons (Fsp3) is 0.385. The normalized spacial score (nSPS) is 16.5. The highest BCUT2D eigenvalue weighted by Gasteiger charge is 2.40. The first-order valence-corrected chi connectivity index (χ1v) is 6.30. The summed E-state index contributed by atoms with van der Waals surface area (Å²) in [5, 5.41) is 11.3. The van der Waals surface area contributed by atoms with Crippen molar-refractivity contribution in [2.45, 2.75) is 31.2 Å². The molecule has 102 valence electrons. The summed E-state index contributed by atoms with van der Waals surface area (Å²) in [5.41, 5.74) is -0.697. The van der Waals surface area contributed by atoms with Crippen molar-refractivity contribution in [2.24, 2.45) is 0 Å². The SMILES string of the molecule is O=C(O)CC1(NC(=O)c2cccc(F)c2Cl)CCC1. The van der Waals surface area contributed by atoms with Crippen LogP contribution in [0.15, 0.2) is 18.2 Å². The lowest BCUT2D eigenvalue weighted by molar-refractivity contribution is -0.139. The minimum absolute atomic E-state index is 0.0262. The molecule has 0 bridgehead atoms. The number of hydrogen-bond acceptors (Lipinski definition) is 2. The summed E-state index contributed by atoms with van der Waals surface area (Å²) < 4.78 is 13.3. The van der Waals surface area contributed by atoms with Gasteiger partial charge >= 0.3 is 5.97 Å². The molecule has 0 heterocycles. The number of carbonyl (C=O) groups excluding carboxylic acids is 1. The number of rotatable bonds is 4. The van der Waals surface area contributed by atoms with Crippen molar-refractivity contribution in [2.75, 3.05) is 0 Å². The standard InChI is InChI=1S/C13H13ClFNO3/c14-11-8(3-1-4-9(11)15)12(19)16-13(5-2-6-13)7-10(17)18/h1,3-4H,2,5-7H2,(H,16,19)(H,17,18). The topological polar surface area (TPSA) is 66.4 Å². The minimum atomic E-state index is -0.967. The monoisotopic (exact) mass is 285 g/mol. The summed E-state index contributed by atoms with van der Waals surface area (Å²) in [7, 11) is 0. The molecule has 1 saturated carbocycles. The molecule has 1 amide bonds. The van der Waals surface area contributed by atoms with Gasteiger partial charge in [-0.25, -0.2) is 4.39 Å². The van der Waals surface area contributed by atoms with Gasteiger partial charge in [0.25, 0.3) is 5.91 Å². The van der Waals surface area contributed by atoms with Crippen LogP contribution in [0.4, 0.5) is 4.39 Å². The van der Waals surface area contributed by atoms with E-state index < -0.39 is 23.2 Å². The molecule has 0 spiro atoms. The van der Waals surface area contributed by atoms with Gasteiger partial charge in [-0.05, 0) is 31.4 Å². The average molecular weight is 286 g/mol. The molecule has 1 aliphatic rings. The smallest absolute Gasteiger partial charge is 0.305 e. The van der Waals surface area contributed by atoms with Crippen molar-refractivity contribution < 1.29 is 19.1 Å². The lowest BCUT2D eigenvalue weighted by atomic mass is 9.74. The molecule has 4 nitrogen and oxygen atoms in total. The first kappa shape index (κ1) is 13.8. The van der Waals surface area contributed by atoms with Gasteiger partial charge in [-0.1, -0.05) is 17.7 Å². The lowest BCUT2D eigenvalue weighted by Crippen LogP contribution is -2.54. The van der Waals surface area contributed by atoms with E-state index in [9.17, 15) is 14.0 Å². The fourth-order valence-corrected chi connectivity index (χ4v) is 2.44. The van der Waals surface area contributed by atoms with Gasteiger partial charge in [-0.15, -0.1) is 0 Å². The van der Waals surface area contributed by atoms with Crippen molar-refractivity contribution in [3.05, 3.63) is 34.6 Å². The van der Waals surface area contributed by atoms with E-state index in [1.807, 2.05) is 0 Å². The van der Waals surface area contributed by atoms with Gasteiger partial charge in [0, 0.05) is 0 Å². The van der Waals surface area contributed by atoms with Crippen LogP contribution in [0, 0.1) is 5.82 Å². The lowest BCUT2D eigenvalue weighted by Gasteiger charge is -2.41. The summed E-state index contributed by atoms with van der Waals surface area (Å²) in [6.07, 6.45) is 1.95. The van der Waals surface area contributed by atoms with E-state index in [0.29, 0.717) is 12.8 Å². The molecule has 6 heteroatoms. The maximum atomic E-state index is 13.3. The van der Waals surface area contributed by atoms with Gasteiger partial charge in [0.1, 0.15) is 5.82 Å². The summed E-state index contributed by atoms with van der Waals surface area (Å²) >= 11 is 5.73. The van der Waals surface area contributed by atoms with Crippen LogP contribution in [0.2, 0.25) is 5.02 Å². The second-order valence-electron chi connectivity index (χ2n) is 4.76. The molecule has 1 aliphatic carbocycles. The van der Waals surface area contributed by atoms with Crippen LogP contribution in [0.5, 0.6) is 0 Å². The summed E-state index contributed by atoms with van der Waals surface area (Å²) in [6.45, 7) is 0. The third-order valence-electron chi connectivity index (χ3n) is 3.38. The third-order valence-corrected chi connectivity index (χ3v) is 3.76. The number of carbonyl (C=O) groups is 2. The van der Waals surface area contributed by atoms with Crippen LogP contribution >= 0.6 is 11.6 Å². The van der Waals surface area contributed by atoms with E-state index in [2.05, 4.69) is 5.32 Å². The molecule has 0 aliphatic heterocycles. The zero-order valence-corrected chi connectivity index (χ0v) is 10.8. The van der Waals surface area contributed by atoms with Crippen LogP contribution < -0.4 is 5.32 Å². The third kappa shape index (κ3) is 2.87. The van der Waals surface area contributed by atoms with Crippen molar-refractivity contribution >= 4 is 23.5 Å². The number of carboxylic acids is 1. The van der Waals surface area contributed by atoms with Gasteiger partial charge in [-0.2, -0.15) is 0 Å². The summed E-state index contributed by atoms with van der Waals surface area (Å²) in [5.74, 6) is -2.18. The number of carboxylic acid groups (broad SMARTS) is 1. The minimum Gasteiger partial charge on any atom is -0.481 e. The van der Waals surface area contributed by atoms with Crippen LogP contribution in [0.1, 0.15) is 36.0 Å². The molecule has 19 heavy (non-hydrogen) atoms. The molecule has 0 saturated heterocycles. The van der Waals surface area contributed by atoms with E-state index in [1.165, 1.54) is 12.1 Å². The zero-order chi connectivity index (χ0) is 14.0. The largest absolute Gasteiger partial charge is 0.481 e. The summed E-state index contributed by atoms with van der Waals surface area (Å²) in [4.78, 5) is 22.9. The molecule has 0 unspecified atom stereocenters. The van der Waals surface area contributed by atoms with Crippen molar-refractivity contribution in [1.29, 1.82) is 0 Å². The second kappa shape index (κ2) is 5.17. The van der Waals surface area contributed by atoms with Crippen molar-refractivity contribution in [3.63, 3.8) is 0 Å². The summed E-state index contributed by atoms with van der Waals surface area (Å²) in [6, 6.07) is 3.96. The zero-order valence-electron chi connectivity index (χ0n) is 10.1. The molecule has 1 aromatic carbocycles. The van der Waals surface area contributed by atoms with Crippen LogP contribution in [-0.4, -0.2) is 22.5 Å². The van der Waals surface area contributed by atoms with Crippen molar-refractivity contribution in [3.8, 4) is 0 Å². The number of benzene rings is 1. The first-order valence-electron chi connectivity index (χ1n) is 5.92. The Bertz CT molecular complexity index is 529. The molecule has 1 fully saturated rings. The molecule has 1 aromatic rings. The van der Waals surface area contributed by atoms with E-state index in [1.54, 1.807) is 0 Å². The highest BCUT2D eigenvalue weighted by atomic mass is 35.5. The van der Waals surface area contributed by atoms with Gasteiger partial charge in [0.15, 0.2) is 0 Å². The maximum Gasteiger partial charge on any atom is 0.305 e. The number of halogens is 2. The highest BCUT2D eigenvalue weighted by Crippen LogP contribution is 2.35. The van der Waals surface area contributed by atoms with Crippen LogP contribution in [-0.2, 0) is 4.79 Å². The van der Waals surface area contributed by atoms with E-state index in [4.69, 9.17) is 16.7 Å². The van der Waals surface area contributed by atoms with E-state index in [0.717, 1.165) is 12.5 Å². The van der Waals surface area contributed by atoms with Crippen molar-refractivity contribution in [1.82, 2.24) is 5.32 Å². The fourth-order valence-electron chi connectivity index (χ4n) is 2.23. The molecular weight excluding hydrogens is 273 g/mol. The van der Waals surface area contributed by atoms with Gasteiger partial charge in [0.2, 0.25) is 0 Å². The maximum absolute atomic E-state index is 13.3. The van der Waals surface area contributed by atoms with E-state index >= 15 is 0 Å². The Hall–Kier alpha value is -1.62. The molecule has 0 radical (unpaired) electrons. The quantitative estimate of drug-likeness (QED) is 0.893. The van der Waals surface area contributed by atoms with E-state index in [-0.39, 0.29) is 17.0 Å². The number of aliphatic carboxylic acids is 1. The van der Waals surface area contributed by atoms with Gasteiger partial charge in [0.05, 0.1) is 22.5 Å². The molecule has 0 atom stereocenters. The predicted molar refractivity (Wildman–Crippen MR) is 67.7 cm³/mol. The Morgan fingerprint density at radius 2 is 2.11 bits per heavy atom. The number of amides is 1. The highest BCUT2D eigenvalue weighted by molar-refractivity contribution is 6.34. The Morgan fingerprint density at radius 3 is 2.63 bits per heavy atom.